The maximum Gasteiger partial charge on any atom is 0.409 e. The summed E-state index contributed by atoms with van der Waals surface area (Å²) in [7, 11) is 2.03. The molecular weight excluding hydrogens is 372 g/mol. The van der Waals surface area contributed by atoms with E-state index in [1.54, 1.807) is 22.2 Å². The second-order valence-corrected chi connectivity index (χ2v) is 7.37. The van der Waals surface area contributed by atoms with E-state index in [9.17, 15) is 9.59 Å². The Bertz CT molecular complexity index is 895. The molecule has 0 aromatic carbocycles. The molecular formula is C20H24N6O3. The molecule has 9 nitrogen and oxygen atoms in total. The number of aromatic nitrogens is 3. The lowest BCUT2D eigenvalue weighted by molar-refractivity contribution is 0.0794. The van der Waals surface area contributed by atoms with Gasteiger partial charge in [0.25, 0.3) is 5.91 Å². The van der Waals surface area contributed by atoms with Crippen molar-refractivity contribution in [1.82, 2.24) is 24.8 Å². The lowest BCUT2D eigenvalue weighted by Crippen LogP contribution is -2.47. The van der Waals surface area contributed by atoms with Crippen LogP contribution < -0.4 is 4.90 Å². The van der Waals surface area contributed by atoms with Gasteiger partial charge >= 0.3 is 6.09 Å². The molecule has 9 heteroatoms. The molecule has 2 amide bonds. The van der Waals surface area contributed by atoms with Crippen molar-refractivity contribution in [2.75, 3.05) is 44.7 Å². The lowest BCUT2D eigenvalue weighted by Gasteiger charge is -2.31. The minimum absolute atomic E-state index is 0.182. The van der Waals surface area contributed by atoms with Crippen LogP contribution in [0.15, 0.2) is 30.7 Å². The normalized spacial score (nSPS) is 19.4. The predicted octanol–water partition coefficient (Wildman–Crippen LogP) is 1.66. The van der Waals surface area contributed by atoms with Crippen LogP contribution in [0.3, 0.4) is 0 Å². The van der Waals surface area contributed by atoms with Crippen LogP contribution in [0.1, 0.15) is 34.2 Å². The van der Waals surface area contributed by atoms with Crippen molar-refractivity contribution in [2.24, 2.45) is 0 Å². The molecule has 0 aliphatic carbocycles. The molecule has 1 unspecified atom stereocenters. The van der Waals surface area contributed by atoms with Crippen molar-refractivity contribution in [3.05, 3.63) is 47.7 Å². The minimum Gasteiger partial charge on any atom is -0.449 e. The van der Waals surface area contributed by atoms with Crippen molar-refractivity contribution < 1.29 is 14.3 Å². The van der Waals surface area contributed by atoms with Crippen LogP contribution in [0, 0.1) is 6.92 Å². The van der Waals surface area contributed by atoms with Gasteiger partial charge < -0.3 is 14.5 Å². The van der Waals surface area contributed by atoms with Gasteiger partial charge in [-0.3, -0.25) is 14.7 Å². The molecule has 1 atom stereocenters. The van der Waals surface area contributed by atoms with E-state index in [0.29, 0.717) is 36.7 Å². The average Bonchev–Trinajstić information content (AvgIpc) is 3.01. The third-order valence-corrected chi connectivity index (χ3v) is 5.30. The molecule has 2 aromatic heterocycles. The number of nitrogens with zero attached hydrogens (tertiary/aromatic N) is 6. The van der Waals surface area contributed by atoms with Crippen LogP contribution >= 0.6 is 0 Å². The predicted molar refractivity (Wildman–Crippen MR) is 106 cm³/mol. The first-order valence-corrected chi connectivity index (χ1v) is 9.72. The van der Waals surface area contributed by atoms with E-state index >= 15 is 0 Å². The van der Waals surface area contributed by atoms with E-state index in [-0.39, 0.29) is 24.6 Å². The largest absolute Gasteiger partial charge is 0.449 e. The van der Waals surface area contributed by atoms with Gasteiger partial charge in [-0.1, -0.05) is 6.07 Å². The third-order valence-electron chi connectivity index (χ3n) is 5.30. The smallest absolute Gasteiger partial charge is 0.409 e. The summed E-state index contributed by atoms with van der Waals surface area (Å²) in [4.78, 5) is 43.7. The van der Waals surface area contributed by atoms with Crippen LogP contribution in [0.5, 0.6) is 0 Å². The Morgan fingerprint density at radius 2 is 1.90 bits per heavy atom. The summed E-state index contributed by atoms with van der Waals surface area (Å²) in [6.07, 6.45) is 4.90. The number of ether oxygens (including phenoxy) is 1. The zero-order valence-electron chi connectivity index (χ0n) is 16.6. The number of hydrogen-bond donors (Lipinski definition) is 0. The van der Waals surface area contributed by atoms with Crippen molar-refractivity contribution in [2.45, 2.75) is 19.4 Å². The highest BCUT2D eigenvalue weighted by molar-refractivity contribution is 6.08. The maximum atomic E-state index is 12.9. The van der Waals surface area contributed by atoms with Gasteiger partial charge in [0.1, 0.15) is 5.82 Å². The van der Waals surface area contributed by atoms with Gasteiger partial charge in [-0.25, -0.2) is 14.8 Å². The van der Waals surface area contributed by atoms with E-state index in [1.165, 1.54) is 6.20 Å². The molecule has 152 valence electrons. The Hall–Kier alpha value is -3.07. The highest BCUT2D eigenvalue weighted by atomic mass is 16.6. The Morgan fingerprint density at radius 3 is 2.62 bits per heavy atom. The summed E-state index contributed by atoms with van der Waals surface area (Å²) in [5, 5.41) is 0. The van der Waals surface area contributed by atoms with Gasteiger partial charge in [0.2, 0.25) is 0 Å². The lowest BCUT2D eigenvalue weighted by atomic mass is 10.1. The number of pyridine rings is 1. The highest BCUT2D eigenvalue weighted by Crippen LogP contribution is 2.36. The Balaban J connectivity index is 1.47. The number of amides is 2. The van der Waals surface area contributed by atoms with Gasteiger partial charge in [-0.2, -0.15) is 0 Å². The number of carbonyl (C=O) groups is 2. The van der Waals surface area contributed by atoms with E-state index < -0.39 is 0 Å². The first-order valence-electron chi connectivity index (χ1n) is 9.72. The zero-order chi connectivity index (χ0) is 20.4. The van der Waals surface area contributed by atoms with Crippen LogP contribution in [0.2, 0.25) is 0 Å². The SMILES string of the molecule is Cc1ccc(N2C(=O)c3nccnc3C2CCOC(=O)N2CCN(C)CC2)nc1. The number of piperazine rings is 1. The fraction of sp³-hybridized carbons (Fsp3) is 0.450. The van der Waals surface area contributed by atoms with Crippen molar-refractivity contribution in [1.29, 1.82) is 0 Å². The quantitative estimate of drug-likeness (QED) is 0.776. The number of hydrogen-bond acceptors (Lipinski definition) is 7. The molecule has 0 bridgehead atoms. The van der Waals surface area contributed by atoms with Crippen molar-refractivity contribution in [3.63, 3.8) is 0 Å². The molecule has 0 saturated carbocycles. The van der Waals surface area contributed by atoms with E-state index in [4.69, 9.17) is 4.74 Å². The molecule has 29 heavy (non-hydrogen) atoms. The van der Waals surface area contributed by atoms with E-state index in [1.807, 2.05) is 26.1 Å². The summed E-state index contributed by atoms with van der Waals surface area (Å²) in [6, 6.07) is 3.34. The monoisotopic (exact) mass is 396 g/mol. The summed E-state index contributed by atoms with van der Waals surface area (Å²) >= 11 is 0. The summed E-state index contributed by atoms with van der Waals surface area (Å²) < 4.78 is 5.49. The fourth-order valence-electron chi connectivity index (χ4n) is 3.61. The second-order valence-electron chi connectivity index (χ2n) is 7.37. The fourth-order valence-corrected chi connectivity index (χ4v) is 3.61. The first kappa shape index (κ1) is 19.3. The van der Waals surface area contributed by atoms with Crippen molar-refractivity contribution in [3.8, 4) is 0 Å². The number of carbonyl (C=O) groups excluding carboxylic acids is 2. The zero-order valence-corrected chi connectivity index (χ0v) is 16.6. The van der Waals surface area contributed by atoms with Gasteiger partial charge in [-0.05, 0) is 25.6 Å². The molecule has 2 aromatic rings. The Labute approximate surface area is 169 Å². The van der Waals surface area contributed by atoms with Crippen LogP contribution in [0.4, 0.5) is 10.6 Å². The van der Waals surface area contributed by atoms with Gasteiger partial charge in [-0.15, -0.1) is 0 Å². The maximum absolute atomic E-state index is 12.9. The molecule has 0 spiro atoms. The molecule has 4 heterocycles. The molecule has 4 rings (SSSR count). The number of fused-ring (bicyclic) bond motifs is 1. The van der Waals surface area contributed by atoms with Crippen molar-refractivity contribution >= 4 is 17.8 Å². The second kappa shape index (κ2) is 8.12. The Morgan fingerprint density at radius 1 is 1.14 bits per heavy atom. The van der Waals surface area contributed by atoms with Crippen LogP contribution in [-0.2, 0) is 4.74 Å². The highest BCUT2D eigenvalue weighted by Gasteiger charge is 2.40. The third kappa shape index (κ3) is 3.91. The summed E-state index contributed by atoms with van der Waals surface area (Å²) in [6.45, 7) is 5.11. The van der Waals surface area contributed by atoms with Gasteiger partial charge in [0.05, 0.1) is 18.3 Å². The molecule has 1 saturated heterocycles. The minimum atomic E-state index is -0.373. The molecule has 0 N–H and O–H groups in total. The molecule has 0 radical (unpaired) electrons. The summed E-state index contributed by atoms with van der Waals surface area (Å²) in [5.41, 5.74) is 1.92. The number of aryl methyl sites for hydroxylation is 1. The molecule has 2 aliphatic rings. The van der Waals surface area contributed by atoms with Gasteiger partial charge in [0, 0.05) is 51.2 Å². The van der Waals surface area contributed by atoms with E-state index in [0.717, 1.165) is 18.7 Å². The number of likely N-dealkylation sites (N-methyl/N-ethyl adjacent to an activating group) is 1. The van der Waals surface area contributed by atoms with Crippen LogP contribution in [0.25, 0.3) is 0 Å². The molecule has 2 aliphatic heterocycles. The summed E-state index contributed by atoms with van der Waals surface area (Å²) in [5.74, 6) is 0.302. The van der Waals surface area contributed by atoms with Gasteiger partial charge in [0.15, 0.2) is 5.69 Å². The topological polar surface area (TPSA) is 91.8 Å². The van der Waals surface area contributed by atoms with Crippen LogP contribution in [-0.4, -0.2) is 76.6 Å². The average molecular weight is 396 g/mol. The first-order chi connectivity index (χ1) is 14.0. The molecule has 1 fully saturated rings. The number of anilines is 1. The standard InChI is InChI=1S/C20H24N6O3/c1-14-3-4-16(23-13-14)26-15(17-18(19(26)27)22-7-6-21-17)5-12-29-20(28)25-10-8-24(2)9-11-25/h3-4,6-7,13,15H,5,8-12H2,1-2H3. The Kier molecular flexibility index (Phi) is 5.39. The van der Waals surface area contributed by atoms with E-state index in [2.05, 4.69) is 19.9 Å². The number of rotatable bonds is 4.